The molecule has 0 rings (SSSR count). The third-order valence-electron chi connectivity index (χ3n) is 1.47. The van der Waals surface area contributed by atoms with Crippen LogP contribution in [0.15, 0.2) is 0 Å². The van der Waals surface area contributed by atoms with Crippen LogP contribution in [0.3, 0.4) is 0 Å². The second-order valence-corrected chi connectivity index (χ2v) is 4.45. The average molecular weight is 251 g/mol. The zero-order chi connectivity index (χ0) is 8.69. The van der Waals surface area contributed by atoms with Crippen molar-refractivity contribution in [1.29, 1.82) is 0 Å². The van der Waals surface area contributed by atoms with Crippen LogP contribution < -0.4 is 0 Å². The van der Waals surface area contributed by atoms with Gasteiger partial charge in [-0.15, -0.1) is 0 Å². The molecule has 0 aromatic carbocycles. The Morgan fingerprint density at radius 3 is 1.18 bits per heavy atom. The van der Waals surface area contributed by atoms with Crippen molar-refractivity contribution < 1.29 is 18.5 Å². The molecule has 0 aliphatic rings. The summed E-state index contributed by atoms with van der Waals surface area (Å²) in [6, 6.07) is 0. The number of hydrogen-bond acceptors (Lipinski definition) is 2. The first-order valence-corrected chi connectivity index (χ1v) is 5.77. The molecule has 2 nitrogen and oxygen atoms in total. The molecule has 0 fully saturated rings. The van der Waals surface area contributed by atoms with Crippen molar-refractivity contribution in [3.05, 3.63) is 0 Å². The summed E-state index contributed by atoms with van der Waals surface area (Å²) < 4.78 is 4.97. The molecule has 0 atom stereocenters. The van der Waals surface area contributed by atoms with Crippen molar-refractivity contribution in [1.82, 2.24) is 7.07 Å². The zero-order valence-corrected chi connectivity index (χ0v) is 9.59. The van der Waals surface area contributed by atoms with Crippen LogP contribution in [0.2, 0.25) is 0 Å². The monoisotopic (exact) mass is 250 g/mol. The zero-order valence-electron chi connectivity index (χ0n) is 8.04. The van der Waals surface area contributed by atoms with E-state index >= 15 is 0 Å². The molecular formula is C8H20N2Pd. The SMILES string of the molecule is CC[N](CC)[Pd][N](CC)CC. The fourth-order valence-electron chi connectivity index (χ4n) is 0.753. The van der Waals surface area contributed by atoms with Gasteiger partial charge < -0.3 is 0 Å². The van der Waals surface area contributed by atoms with E-state index in [1.54, 1.807) is 0 Å². The van der Waals surface area contributed by atoms with Crippen molar-refractivity contribution in [2.45, 2.75) is 27.7 Å². The van der Waals surface area contributed by atoms with Crippen LogP contribution in [0, 0.1) is 0 Å². The summed E-state index contributed by atoms with van der Waals surface area (Å²) in [7, 11) is 0. The van der Waals surface area contributed by atoms with E-state index in [1.807, 2.05) is 0 Å². The normalized spacial score (nSPS) is 11.8. The molecule has 0 spiro atoms. The Labute approximate surface area is 79.7 Å². The minimum absolute atomic E-state index is 0.686. The van der Waals surface area contributed by atoms with Gasteiger partial charge in [0.1, 0.15) is 0 Å². The Hall–Kier alpha value is 0.582. The first-order valence-electron chi connectivity index (χ1n) is 4.38. The van der Waals surface area contributed by atoms with Gasteiger partial charge in [-0.25, -0.2) is 0 Å². The molecule has 0 aliphatic heterocycles. The predicted molar refractivity (Wildman–Crippen MR) is 45.8 cm³/mol. The van der Waals surface area contributed by atoms with Crippen LogP contribution in [-0.2, 0) is 18.5 Å². The van der Waals surface area contributed by atoms with E-state index in [0.717, 1.165) is 0 Å². The van der Waals surface area contributed by atoms with Crippen LogP contribution in [0.5, 0.6) is 0 Å². The number of rotatable bonds is 6. The second kappa shape index (κ2) is 7.24. The van der Waals surface area contributed by atoms with E-state index in [1.165, 1.54) is 26.2 Å². The predicted octanol–water partition coefficient (Wildman–Crippen LogP) is 1.58. The molecule has 0 heterocycles. The van der Waals surface area contributed by atoms with Crippen LogP contribution >= 0.6 is 0 Å². The maximum atomic E-state index is 2.49. The second-order valence-electron chi connectivity index (χ2n) is 2.18. The molecule has 11 heavy (non-hydrogen) atoms. The molecule has 0 N–H and O–H groups in total. The summed E-state index contributed by atoms with van der Waals surface area (Å²) in [5.41, 5.74) is 0. The van der Waals surface area contributed by atoms with Crippen molar-refractivity contribution >= 4 is 0 Å². The Morgan fingerprint density at radius 2 is 1.00 bits per heavy atom. The Morgan fingerprint density at radius 1 is 0.727 bits per heavy atom. The van der Waals surface area contributed by atoms with Crippen molar-refractivity contribution in [2.24, 2.45) is 0 Å². The van der Waals surface area contributed by atoms with E-state index in [-0.39, 0.29) is 0 Å². The van der Waals surface area contributed by atoms with Gasteiger partial charge in [-0.05, 0) is 0 Å². The molecule has 0 aromatic heterocycles. The fourth-order valence-corrected chi connectivity index (χ4v) is 2.25. The van der Waals surface area contributed by atoms with Crippen LogP contribution in [0.25, 0.3) is 0 Å². The summed E-state index contributed by atoms with van der Waals surface area (Å²) in [5, 5.41) is 0. The van der Waals surface area contributed by atoms with Crippen molar-refractivity contribution in [3.8, 4) is 0 Å². The first kappa shape index (κ1) is 11.6. The Kier molecular flexibility index (Phi) is 7.63. The van der Waals surface area contributed by atoms with Gasteiger partial charge in [0.05, 0.1) is 0 Å². The molecular weight excluding hydrogens is 231 g/mol. The molecule has 0 amide bonds. The van der Waals surface area contributed by atoms with Gasteiger partial charge >= 0.3 is 79.4 Å². The van der Waals surface area contributed by atoms with Gasteiger partial charge in [0, 0.05) is 0 Å². The summed E-state index contributed by atoms with van der Waals surface area (Å²) in [5.74, 6) is 0. The van der Waals surface area contributed by atoms with Gasteiger partial charge in [-0.1, -0.05) is 0 Å². The number of nitrogens with zero attached hydrogens (tertiary/aromatic N) is 2. The van der Waals surface area contributed by atoms with Gasteiger partial charge in [0.25, 0.3) is 0 Å². The van der Waals surface area contributed by atoms with E-state index < -0.39 is 0 Å². The summed E-state index contributed by atoms with van der Waals surface area (Å²) in [6.07, 6.45) is 0. The topological polar surface area (TPSA) is 6.48 Å². The molecule has 3 heteroatoms. The van der Waals surface area contributed by atoms with Gasteiger partial charge in [0.15, 0.2) is 0 Å². The molecule has 0 aliphatic carbocycles. The van der Waals surface area contributed by atoms with Gasteiger partial charge in [0.2, 0.25) is 0 Å². The molecule has 0 saturated carbocycles. The minimum atomic E-state index is 0.686. The van der Waals surface area contributed by atoms with Crippen LogP contribution in [0.1, 0.15) is 27.7 Å². The van der Waals surface area contributed by atoms with Crippen molar-refractivity contribution in [3.63, 3.8) is 0 Å². The average Bonchev–Trinajstić information content (AvgIpc) is 2.07. The maximum absolute atomic E-state index is 2.49. The number of hydrogen-bond donors (Lipinski definition) is 0. The molecule has 0 bridgehead atoms. The standard InChI is InChI=1S/2C4H10N.Pd/c2*1-3-5-4-2;/h2*3-4H2,1-2H3;/q2*-1;+2. The summed E-state index contributed by atoms with van der Waals surface area (Å²) >= 11 is 0.686. The van der Waals surface area contributed by atoms with Crippen LogP contribution in [-0.4, -0.2) is 33.2 Å². The molecule has 72 valence electrons. The summed E-state index contributed by atoms with van der Waals surface area (Å²) in [4.78, 5) is 0. The van der Waals surface area contributed by atoms with E-state index in [2.05, 4.69) is 34.8 Å². The Balaban J connectivity index is 3.58. The van der Waals surface area contributed by atoms with Crippen molar-refractivity contribution in [2.75, 3.05) is 26.2 Å². The third-order valence-corrected chi connectivity index (χ3v) is 4.32. The van der Waals surface area contributed by atoms with Crippen LogP contribution in [0.4, 0.5) is 0 Å². The first-order chi connectivity index (χ1) is 5.28. The van der Waals surface area contributed by atoms with Gasteiger partial charge in [-0.2, -0.15) is 0 Å². The molecule has 0 radical (unpaired) electrons. The van der Waals surface area contributed by atoms with E-state index in [4.69, 9.17) is 0 Å². The molecule has 0 aromatic rings. The Bertz CT molecular complexity index is 70.2. The quantitative estimate of drug-likeness (QED) is 0.661. The van der Waals surface area contributed by atoms with E-state index in [9.17, 15) is 0 Å². The summed E-state index contributed by atoms with van der Waals surface area (Å²) in [6.45, 7) is 13.6. The van der Waals surface area contributed by atoms with E-state index in [0.29, 0.717) is 18.5 Å². The molecule has 0 saturated heterocycles. The molecule has 0 unspecified atom stereocenters. The third kappa shape index (κ3) is 4.92. The van der Waals surface area contributed by atoms with Gasteiger partial charge in [-0.3, -0.25) is 0 Å². The fraction of sp³-hybridized carbons (Fsp3) is 1.00.